The van der Waals surface area contributed by atoms with Crippen molar-refractivity contribution in [2.75, 3.05) is 18.5 Å². The largest absolute Gasteiger partial charge is 0.462 e. The number of thiophene rings is 1. The molecule has 0 aliphatic rings. The minimum absolute atomic E-state index is 0.0546. The quantitative estimate of drug-likeness (QED) is 0.206. The number of carbonyl (C=O) groups is 2. The maximum absolute atomic E-state index is 12.6. The van der Waals surface area contributed by atoms with Crippen LogP contribution in [0.5, 0.6) is 0 Å². The highest BCUT2D eigenvalue weighted by molar-refractivity contribution is 7.18. The zero-order chi connectivity index (χ0) is 25.5. The van der Waals surface area contributed by atoms with Gasteiger partial charge in [0.15, 0.2) is 0 Å². The number of ether oxygens (including phenoxy) is 2. The van der Waals surface area contributed by atoms with Gasteiger partial charge in [-0.15, -0.1) is 22.7 Å². The fourth-order valence-corrected chi connectivity index (χ4v) is 5.02. The zero-order valence-corrected chi connectivity index (χ0v) is 21.6. The van der Waals surface area contributed by atoms with Crippen molar-refractivity contribution >= 4 is 45.2 Å². The molecule has 0 bridgehead atoms. The van der Waals surface area contributed by atoms with Gasteiger partial charge in [-0.2, -0.15) is 5.26 Å². The van der Waals surface area contributed by atoms with E-state index >= 15 is 0 Å². The van der Waals surface area contributed by atoms with Gasteiger partial charge in [0.05, 0.1) is 17.9 Å². The molecule has 9 heteroatoms. The van der Waals surface area contributed by atoms with Crippen LogP contribution in [0.15, 0.2) is 42.4 Å². The molecule has 0 spiro atoms. The topological polar surface area (TPSA) is 101 Å². The SMILES string of the molecule is C=CCOC(=O)c1sc(N/C=C(/C#N)c2nc(-c3ccc(C)c(C)c3)cs2)c(C(=O)OCC)c1C. The molecule has 0 unspecified atom stereocenters. The monoisotopic (exact) mass is 507 g/mol. The van der Waals surface area contributed by atoms with Crippen LogP contribution in [0.2, 0.25) is 0 Å². The molecule has 3 aromatic rings. The molecule has 0 atom stereocenters. The van der Waals surface area contributed by atoms with Crippen LogP contribution in [-0.4, -0.2) is 30.1 Å². The Morgan fingerprint density at radius 2 is 1.97 bits per heavy atom. The van der Waals surface area contributed by atoms with Crippen LogP contribution in [0, 0.1) is 32.1 Å². The van der Waals surface area contributed by atoms with Gasteiger partial charge < -0.3 is 14.8 Å². The normalized spacial score (nSPS) is 11.0. The Morgan fingerprint density at radius 3 is 2.63 bits per heavy atom. The van der Waals surface area contributed by atoms with Crippen LogP contribution in [0.3, 0.4) is 0 Å². The average Bonchev–Trinajstić information content (AvgIpc) is 3.45. The van der Waals surface area contributed by atoms with Gasteiger partial charge >= 0.3 is 11.9 Å². The van der Waals surface area contributed by atoms with Gasteiger partial charge in [-0.05, 0) is 50.5 Å². The van der Waals surface area contributed by atoms with Gasteiger partial charge in [0.2, 0.25) is 0 Å². The second-order valence-electron chi connectivity index (χ2n) is 7.52. The number of nitrogens with zero attached hydrogens (tertiary/aromatic N) is 2. The molecule has 2 heterocycles. The molecule has 1 aromatic carbocycles. The summed E-state index contributed by atoms with van der Waals surface area (Å²) in [4.78, 5) is 30.0. The van der Waals surface area contributed by atoms with Crippen molar-refractivity contribution in [1.82, 2.24) is 4.98 Å². The van der Waals surface area contributed by atoms with Crippen molar-refractivity contribution in [3.63, 3.8) is 0 Å². The molecule has 0 radical (unpaired) electrons. The standard InChI is InChI=1S/C26H25N3O4S2/c1-6-10-33-26(31)22-17(5)21(25(30)32-7-2)24(35-22)28-13-19(12-27)23-29-20(14-34-23)18-9-8-15(3)16(4)11-18/h6,8-9,11,13-14,28H,1,7,10H2,2-5H3/b19-13-. The van der Waals surface area contributed by atoms with Crippen LogP contribution < -0.4 is 5.32 Å². The highest BCUT2D eigenvalue weighted by Gasteiger charge is 2.26. The van der Waals surface area contributed by atoms with Crippen LogP contribution in [0.4, 0.5) is 5.00 Å². The molecule has 0 saturated heterocycles. The first-order valence-corrected chi connectivity index (χ1v) is 12.5. The van der Waals surface area contributed by atoms with Gasteiger partial charge in [-0.25, -0.2) is 14.6 Å². The van der Waals surface area contributed by atoms with Gasteiger partial charge in [0.1, 0.15) is 33.1 Å². The number of nitriles is 1. The number of anilines is 1. The molecule has 0 fully saturated rings. The number of thiazole rings is 1. The van der Waals surface area contributed by atoms with E-state index in [-0.39, 0.29) is 23.7 Å². The summed E-state index contributed by atoms with van der Waals surface area (Å²) in [5.74, 6) is -1.13. The number of benzene rings is 1. The third kappa shape index (κ3) is 5.85. The first-order chi connectivity index (χ1) is 16.8. The molecule has 180 valence electrons. The number of hydrogen-bond acceptors (Lipinski definition) is 9. The summed E-state index contributed by atoms with van der Waals surface area (Å²) >= 11 is 2.41. The number of aryl methyl sites for hydroxylation is 2. The minimum Gasteiger partial charge on any atom is -0.462 e. The van der Waals surface area contributed by atoms with Crippen LogP contribution >= 0.6 is 22.7 Å². The van der Waals surface area contributed by atoms with E-state index in [1.807, 2.05) is 24.4 Å². The first kappa shape index (κ1) is 25.9. The number of nitrogens with one attached hydrogen (secondary N) is 1. The molecule has 7 nitrogen and oxygen atoms in total. The summed E-state index contributed by atoms with van der Waals surface area (Å²) in [6.45, 7) is 11.2. The van der Waals surface area contributed by atoms with Crippen LogP contribution in [0.25, 0.3) is 16.8 Å². The van der Waals surface area contributed by atoms with Crippen molar-refractivity contribution < 1.29 is 19.1 Å². The maximum atomic E-state index is 12.6. The second kappa shape index (κ2) is 11.6. The van der Waals surface area contributed by atoms with E-state index in [2.05, 4.69) is 35.9 Å². The summed E-state index contributed by atoms with van der Waals surface area (Å²) in [6, 6.07) is 8.26. The molecule has 2 aromatic heterocycles. The Hall–Kier alpha value is -3.74. The summed E-state index contributed by atoms with van der Waals surface area (Å²) in [7, 11) is 0. The molecule has 1 N–H and O–H groups in total. The fourth-order valence-electron chi connectivity index (χ4n) is 3.17. The number of esters is 2. The number of hydrogen-bond donors (Lipinski definition) is 1. The Morgan fingerprint density at radius 1 is 1.20 bits per heavy atom. The third-order valence-electron chi connectivity index (χ3n) is 5.15. The molecule has 0 aliphatic heterocycles. The summed E-state index contributed by atoms with van der Waals surface area (Å²) in [5, 5.41) is 15.6. The lowest BCUT2D eigenvalue weighted by Crippen LogP contribution is -2.09. The molecule has 0 amide bonds. The molecule has 0 saturated carbocycles. The Balaban J connectivity index is 1.93. The van der Waals surface area contributed by atoms with Gasteiger partial charge in [0.25, 0.3) is 0 Å². The lowest BCUT2D eigenvalue weighted by molar-refractivity contribution is 0.0527. The number of aromatic nitrogens is 1. The van der Waals surface area contributed by atoms with E-state index in [0.29, 0.717) is 21.1 Å². The van der Waals surface area contributed by atoms with Crippen molar-refractivity contribution in [1.29, 1.82) is 5.26 Å². The zero-order valence-electron chi connectivity index (χ0n) is 19.9. The summed E-state index contributed by atoms with van der Waals surface area (Å²) < 4.78 is 10.3. The lowest BCUT2D eigenvalue weighted by atomic mass is 10.1. The van der Waals surface area contributed by atoms with Gasteiger partial charge in [-0.3, -0.25) is 0 Å². The molecule has 3 rings (SSSR count). The molecule has 35 heavy (non-hydrogen) atoms. The van der Waals surface area contributed by atoms with E-state index in [0.717, 1.165) is 28.2 Å². The van der Waals surface area contributed by atoms with Crippen molar-refractivity contribution in [2.24, 2.45) is 0 Å². The fraction of sp³-hybridized carbons (Fsp3) is 0.231. The van der Waals surface area contributed by atoms with Crippen LogP contribution in [0.1, 0.15) is 48.7 Å². The number of carbonyl (C=O) groups excluding carboxylic acids is 2. The number of allylic oxidation sites excluding steroid dienone is 1. The van der Waals surface area contributed by atoms with Gasteiger partial charge in [0, 0.05) is 17.1 Å². The second-order valence-corrected chi connectivity index (χ2v) is 9.40. The number of rotatable bonds is 9. The lowest BCUT2D eigenvalue weighted by Gasteiger charge is -2.05. The van der Waals surface area contributed by atoms with E-state index in [9.17, 15) is 14.9 Å². The Labute approximate surface area is 212 Å². The highest BCUT2D eigenvalue weighted by Crippen LogP contribution is 2.35. The van der Waals surface area contributed by atoms with Crippen LogP contribution in [-0.2, 0) is 9.47 Å². The van der Waals surface area contributed by atoms with Crippen molar-refractivity contribution in [3.05, 3.63) is 74.6 Å². The summed E-state index contributed by atoms with van der Waals surface area (Å²) in [5.41, 5.74) is 5.08. The summed E-state index contributed by atoms with van der Waals surface area (Å²) in [6.07, 6.45) is 2.95. The molecular formula is C26H25N3O4S2. The van der Waals surface area contributed by atoms with E-state index in [4.69, 9.17) is 9.47 Å². The minimum atomic E-state index is -0.565. The third-order valence-corrected chi connectivity index (χ3v) is 7.23. The average molecular weight is 508 g/mol. The van der Waals surface area contributed by atoms with Gasteiger partial charge in [-0.1, -0.05) is 24.8 Å². The smallest absolute Gasteiger partial charge is 0.348 e. The van der Waals surface area contributed by atoms with E-state index in [1.165, 1.54) is 29.2 Å². The molecular weight excluding hydrogens is 482 g/mol. The Bertz CT molecular complexity index is 1350. The molecule has 0 aliphatic carbocycles. The maximum Gasteiger partial charge on any atom is 0.348 e. The Kier molecular flexibility index (Phi) is 8.58. The van der Waals surface area contributed by atoms with Crippen molar-refractivity contribution in [3.8, 4) is 17.3 Å². The predicted molar refractivity (Wildman–Crippen MR) is 140 cm³/mol. The predicted octanol–water partition coefficient (Wildman–Crippen LogP) is 6.29. The van der Waals surface area contributed by atoms with E-state index in [1.54, 1.807) is 13.8 Å². The first-order valence-electron chi connectivity index (χ1n) is 10.8. The highest BCUT2D eigenvalue weighted by atomic mass is 32.1. The van der Waals surface area contributed by atoms with Crippen molar-refractivity contribution in [2.45, 2.75) is 27.7 Å². The van der Waals surface area contributed by atoms with E-state index < -0.39 is 11.9 Å².